The van der Waals surface area contributed by atoms with Gasteiger partial charge in [-0.05, 0) is 19.3 Å². The molecule has 1 spiro atoms. The van der Waals surface area contributed by atoms with Gasteiger partial charge in [0.1, 0.15) is 6.10 Å². The Kier molecular flexibility index (Phi) is 1.29. The van der Waals surface area contributed by atoms with Crippen LogP contribution in [0.1, 0.15) is 33.1 Å². The molecule has 0 radical (unpaired) electrons. The maximum Gasteiger partial charge on any atom is 0.312 e. The average Bonchev–Trinajstić information content (AvgIpc) is 2.55. The first-order valence-electron chi connectivity index (χ1n) is 4.40. The minimum absolute atomic E-state index is 0.0197. The highest BCUT2D eigenvalue weighted by atomic mass is 16.6. The molecule has 62 valence electrons. The Bertz CT molecular complexity index is 200. The average molecular weight is 154 g/mol. The molecule has 2 rings (SSSR count). The van der Waals surface area contributed by atoms with Crippen molar-refractivity contribution in [3.8, 4) is 0 Å². The second-order valence-electron chi connectivity index (χ2n) is 3.89. The van der Waals surface area contributed by atoms with E-state index in [0.29, 0.717) is 5.92 Å². The molecule has 0 N–H and O–H groups in total. The molecule has 0 aromatic heterocycles. The van der Waals surface area contributed by atoms with Crippen LogP contribution in [0.3, 0.4) is 0 Å². The summed E-state index contributed by atoms with van der Waals surface area (Å²) in [6, 6.07) is 0. The zero-order valence-corrected chi connectivity index (χ0v) is 7.09. The van der Waals surface area contributed by atoms with Crippen LogP contribution in [-0.4, -0.2) is 12.1 Å². The van der Waals surface area contributed by atoms with E-state index in [1.165, 1.54) is 0 Å². The van der Waals surface area contributed by atoms with Crippen molar-refractivity contribution in [2.75, 3.05) is 0 Å². The Morgan fingerprint density at radius 3 is 2.73 bits per heavy atom. The van der Waals surface area contributed by atoms with Crippen LogP contribution in [0, 0.1) is 11.3 Å². The molecule has 3 unspecified atom stereocenters. The maximum absolute atomic E-state index is 11.3. The molecule has 1 aliphatic carbocycles. The third-order valence-corrected chi connectivity index (χ3v) is 3.09. The molecule has 1 aliphatic heterocycles. The van der Waals surface area contributed by atoms with E-state index in [9.17, 15) is 4.79 Å². The first-order chi connectivity index (χ1) is 5.19. The summed E-state index contributed by atoms with van der Waals surface area (Å²) in [7, 11) is 0. The summed E-state index contributed by atoms with van der Waals surface area (Å²) in [4.78, 5) is 11.3. The number of ether oxygens (including phenoxy) is 1. The number of carbonyl (C=O) groups is 1. The molecular weight excluding hydrogens is 140 g/mol. The largest absolute Gasteiger partial charge is 0.462 e. The summed E-state index contributed by atoms with van der Waals surface area (Å²) in [6.07, 6.45) is 3.33. The standard InChI is InChI=1S/C9H14O2/c1-3-7-5-9(7)4-6(2)11-8(9)10/h6-7H,3-5H2,1-2H3. The van der Waals surface area contributed by atoms with Gasteiger partial charge in [-0.2, -0.15) is 0 Å². The van der Waals surface area contributed by atoms with E-state index >= 15 is 0 Å². The first kappa shape index (κ1) is 7.14. The lowest BCUT2D eigenvalue weighted by molar-refractivity contribution is -0.145. The van der Waals surface area contributed by atoms with E-state index in [1.54, 1.807) is 0 Å². The van der Waals surface area contributed by atoms with Crippen molar-refractivity contribution in [2.24, 2.45) is 11.3 Å². The molecule has 0 amide bonds. The van der Waals surface area contributed by atoms with Crippen LogP contribution in [-0.2, 0) is 9.53 Å². The molecule has 1 saturated heterocycles. The Morgan fingerprint density at radius 1 is 1.64 bits per heavy atom. The van der Waals surface area contributed by atoms with Crippen LogP contribution >= 0.6 is 0 Å². The van der Waals surface area contributed by atoms with Gasteiger partial charge in [-0.1, -0.05) is 13.3 Å². The summed E-state index contributed by atoms with van der Waals surface area (Å²) < 4.78 is 5.13. The van der Waals surface area contributed by atoms with Gasteiger partial charge in [0.15, 0.2) is 0 Å². The third kappa shape index (κ3) is 0.815. The smallest absolute Gasteiger partial charge is 0.312 e. The van der Waals surface area contributed by atoms with Crippen molar-refractivity contribution in [1.29, 1.82) is 0 Å². The van der Waals surface area contributed by atoms with Crippen molar-refractivity contribution in [3.05, 3.63) is 0 Å². The molecule has 2 aliphatic rings. The fraction of sp³-hybridized carbons (Fsp3) is 0.889. The topological polar surface area (TPSA) is 26.3 Å². The van der Waals surface area contributed by atoms with E-state index in [2.05, 4.69) is 6.92 Å². The fourth-order valence-corrected chi connectivity index (χ4v) is 2.35. The van der Waals surface area contributed by atoms with Crippen LogP contribution in [0.25, 0.3) is 0 Å². The molecule has 2 fully saturated rings. The van der Waals surface area contributed by atoms with E-state index in [1.807, 2.05) is 6.92 Å². The number of cyclic esters (lactones) is 1. The quantitative estimate of drug-likeness (QED) is 0.538. The van der Waals surface area contributed by atoms with Gasteiger partial charge in [0.2, 0.25) is 0 Å². The number of hydrogen-bond acceptors (Lipinski definition) is 2. The summed E-state index contributed by atoms with van der Waals surface area (Å²) in [5.74, 6) is 0.691. The Morgan fingerprint density at radius 2 is 2.36 bits per heavy atom. The molecule has 3 atom stereocenters. The Balaban J connectivity index is 2.12. The van der Waals surface area contributed by atoms with Crippen molar-refractivity contribution in [3.63, 3.8) is 0 Å². The summed E-state index contributed by atoms with van der Waals surface area (Å²) >= 11 is 0. The van der Waals surface area contributed by atoms with Gasteiger partial charge in [0.05, 0.1) is 5.41 Å². The molecular formula is C9H14O2. The predicted octanol–water partition coefficient (Wildman–Crippen LogP) is 1.74. The van der Waals surface area contributed by atoms with Gasteiger partial charge in [-0.25, -0.2) is 0 Å². The van der Waals surface area contributed by atoms with Crippen LogP contribution in [0.4, 0.5) is 0 Å². The van der Waals surface area contributed by atoms with E-state index in [0.717, 1.165) is 19.3 Å². The third-order valence-electron chi connectivity index (χ3n) is 3.09. The summed E-state index contributed by atoms with van der Waals surface area (Å²) in [6.45, 7) is 4.13. The van der Waals surface area contributed by atoms with Gasteiger partial charge in [0.25, 0.3) is 0 Å². The SMILES string of the molecule is CCC1CC12CC(C)OC2=O. The van der Waals surface area contributed by atoms with E-state index in [-0.39, 0.29) is 17.5 Å². The Hall–Kier alpha value is -0.530. The summed E-state index contributed by atoms with van der Waals surface area (Å²) in [5.41, 5.74) is -0.0197. The molecule has 2 heteroatoms. The monoisotopic (exact) mass is 154 g/mol. The van der Waals surface area contributed by atoms with Crippen LogP contribution in [0.15, 0.2) is 0 Å². The molecule has 11 heavy (non-hydrogen) atoms. The predicted molar refractivity (Wildman–Crippen MR) is 41.0 cm³/mol. The van der Waals surface area contributed by atoms with Gasteiger partial charge in [-0.15, -0.1) is 0 Å². The lowest BCUT2D eigenvalue weighted by Gasteiger charge is -1.99. The zero-order chi connectivity index (χ0) is 8.06. The van der Waals surface area contributed by atoms with Crippen molar-refractivity contribution >= 4 is 5.97 Å². The fourth-order valence-electron chi connectivity index (χ4n) is 2.35. The number of hydrogen-bond donors (Lipinski definition) is 0. The molecule has 0 aromatic rings. The van der Waals surface area contributed by atoms with Gasteiger partial charge < -0.3 is 4.74 Å². The van der Waals surface area contributed by atoms with E-state index in [4.69, 9.17) is 4.74 Å². The van der Waals surface area contributed by atoms with Crippen molar-refractivity contribution in [2.45, 2.75) is 39.2 Å². The first-order valence-corrected chi connectivity index (χ1v) is 4.40. The molecule has 1 heterocycles. The van der Waals surface area contributed by atoms with Crippen LogP contribution in [0.5, 0.6) is 0 Å². The Labute approximate surface area is 66.9 Å². The lowest BCUT2D eigenvalue weighted by atomic mass is 9.99. The number of esters is 1. The second kappa shape index (κ2) is 1.99. The second-order valence-corrected chi connectivity index (χ2v) is 3.89. The molecule has 0 bridgehead atoms. The minimum atomic E-state index is -0.0197. The zero-order valence-electron chi connectivity index (χ0n) is 7.09. The van der Waals surface area contributed by atoms with E-state index < -0.39 is 0 Å². The number of rotatable bonds is 1. The summed E-state index contributed by atoms with van der Waals surface area (Å²) in [5, 5.41) is 0. The van der Waals surface area contributed by atoms with Crippen LogP contribution < -0.4 is 0 Å². The molecule has 2 nitrogen and oxygen atoms in total. The molecule has 0 aromatic carbocycles. The highest BCUT2D eigenvalue weighted by Crippen LogP contribution is 2.61. The highest BCUT2D eigenvalue weighted by Gasteiger charge is 2.63. The normalized spacial score (nSPS) is 48.0. The van der Waals surface area contributed by atoms with Crippen LogP contribution in [0.2, 0.25) is 0 Å². The lowest BCUT2D eigenvalue weighted by Crippen LogP contribution is -2.10. The maximum atomic E-state index is 11.3. The minimum Gasteiger partial charge on any atom is -0.462 e. The highest BCUT2D eigenvalue weighted by molar-refractivity contribution is 5.82. The van der Waals surface area contributed by atoms with Crippen molar-refractivity contribution < 1.29 is 9.53 Å². The van der Waals surface area contributed by atoms with Gasteiger partial charge in [0, 0.05) is 6.42 Å². The van der Waals surface area contributed by atoms with Crippen molar-refractivity contribution in [1.82, 2.24) is 0 Å². The molecule has 1 saturated carbocycles. The number of carbonyl (C=O) groups excluding carboxylic acids is 1. The van der Waals surface area contributed by atoms with Gasteiger partial charge in [-0.3, -0.25) is 4.79 Å². The van der Waals surface area contributed by atoms with Gasteiger partial charge >= 0.3 is 5.97 Å².